The van der Waals surface area contributed by atoms with Crippen molar-refractivity contribution in [2.75, 3.05) is 7.11 Å². The van der Waals surface area contributed by atoms with Gasteiger partial charge in [0.25, 0.3) is 0 Å². The minimum atomic E-state index is -0.437. The molecule has 0 spiro atoms. The van der Waals surface area contributed by atoms with Crippen LogP contribution in [0.4, 0.5) is 4.39 Å². The topological polar surface area (TPSA) is 26.3 Å². The summed E-state index contributed by atoms with van der Waals surface area (Å²) in [5, 5.41) is 0. The lowest BCUT2D eigenvalue weighted by Crippen LogP contribution is -1.94. The molecule has 0 unspecified atom stereocenters. The van der Waals surface area contributed by atoms with Gasteiger partial charge in [0.15, 0.2) is 0 Å². The number of ether oxygens (including phenoxy) is 1. The van der Waals surface area contributed by atoms with Gasteiger partial charge in [-0.15, -0.1) is 0 Å². The van der Waals surface area contributed by atoms with Crippen molar-refractivity contribution in [1.29, 1.82) is 0 Å². The zero-order chi connectivity index (χ0) is 11.3. The van der Waals surface area contributed by atoms with Crippen LogP contribution in [0.5, 0.6) is 0 Å². The molecule has 0 aromatic heterocycles. The molecule has 0 radical (unpaired) electrons. The number of allylic oxidation sites excluding steroid dienone is 1. The maximum atomic E-state index is 13.3. The largest absolute Gasteiger partial charge is 0.466 e. The van der Waals surface area contributed by atoms with E-state index >= 15 is 0 Å². The van der Waals surface area contributed by atoms with E-state index in [2.05, 4.69) is 20.7 Å². The number of carbonyl (C=O) groups is 1. The molecule has 0 N–H and O–H groups in total. The molecular formula is C11H10BrFO2. The van der Waals surface area contributed by atoms with Crippen molar-refractivity contribution in [1.82, 2.24) is 0 Å². The monoisotopic (exact) mass is 272 g/mol. The van der Waals surface area contributed by atoms with Crippen molar-refractivity contribution in [3.8, 4) is 0 Å². The highest BCUT2D eigenvalue weighted by Crippen LogP contribution is 2.15. The van der Waals surface area contributed by atoms with Gasteiger partial charge in [-0.3, -0.25) is 0 Å². The summed E-state index contributed by atoms with van der Waals surface area (Å²) in [4.78, 5) is 10.7. The van der Waals surface area contributed by atoms with Crippen LogP contribution in [0.25, 0.3) is 0 Å². The Morgan fingerprint density at radius 1 is 1.60 bits per heavy atom. The van der Waals surface area contributed by atoms with E-state index in [0.29, 0.717) is 16.5 Å². The Kier molecular flexibility index (Phi) is 4.49. The predicted octanol–water partition coefficient (Wildman–Crippen LogP) is 2.86. The predicted molar refractivity (Wildman–Crippen MR) is 59.0 cm³/mol. The fraction of sp³-hybridized carbons (Fsp3) is 0.182. The summed E-state index contributed by atoms with van der Waals surface area (Å²) in [6.45, 7) is 0. The first kappa shape index (κ1) is 11.9. The van der Waals surface area contributed by atoms with Crippen LogP contribution in [0, 0.1) is 5.82 Å². The molecule has 80 valence electrons. The third-order valence-electron chi connectivity index (χ3n) is 1.81. The van der Waals surface area contributed by atoms with E-state index in [-0.39, 0.29) is 5.82 Å². The van der Waals surface area contributed by atoms with Gasteiger partial charge < -0.3 is 4.74 Å². The Hall–Kier alpha value is -1.16. The zero-order valence-electron chi connectivity index (χ0n) is 8.17. The van der Waals surface area contributed by atoms with Crippen LogP contribution >= 0.6 is 15.9 Å². The van der Waals surface area contributed by atoms with E-state index in [1.165, 1.54) is 19.3 Å². The third-order valence-corrected chi connectivity index (χ3v) is 2.30. The second-order valence-corrected chi connectivity index (χ2v) is 3.78. The normalized spacial score (nSPS) is 10.6. The van der Waals surface area contributed by atoms with Gasteiger partial charge in [-0.2, -0.15) is 0 Å². The van der Waals surface area contributed by atoms with E-state index in [0.717, 1.165) is 0 Å². The molecule has 0 aliphatic rings. The molecule has 0 fully saturated rings. The SMILES string of the molecule is COC(=O)/C=C/Cc1ccc(Br)cc1F. The summed E-state index contributed by atoms with van der Waals surface area (Å²) in [6, 6.07) is 4.81. The van der Waals surface area contributed by atoms with Crippen molar-refractivity contribution in [3.05, 3.63) is 46.2 Å². The summed E-state index contributed by atoms with van der Waals surface area (Å²) in [5.41, 5.74) is 0.540. The Morgan fingerprint density at radius 2 is 2.33 bits per heavy atom. The van der Waals surface area contributed by atoms with E-state index in [4.69, 9.17) is 0 Å². The van der Waals surface area contributed by atoms with Gasteiger partial charge in [0, 0.05) is 10.5 Å². The number of hydrogen-bond acceptors (Lipinski definition) is 2. The lowest BCUT2D eigenvalue weighted by atomic mass is 10.1. The number of esters is 1. The van der Waals surface area contributed by atoms with Crippen LogP contribution in [-0.4, -0.2) is 13.1 Å². The Bertz CT molecular complexity index is 388. The van der Waals surface area contributed by atoms with Crippen molar-refractivity contribution in [2.45, 2.75) is 6.42 Å². The van der Waals surface area contributed by atoms with Gasteiger partial charge >= 0.3 is 5.97 Å². The molecule has 0 heterocycles. The highest BCUT2D eigenvalue weighted by Gasteiger charge is 2.00. The van der Waals surface area contributed by atoms with Crippen LogP contribution in [0.2, 0.25) is 0 Å². The summed E-state index contributed by atoms with van der Waals surface area (Å²) >= 11 is 3.17. The summed E-state index contributed by atoms with van der Waals surface area (Å²) < 4.78 is 18.4. The van der Waals surface area contributed by atoms with Gasteiger partial charge in [-0.05, 0) is 24.1 Å². The van der Waals surface area contributed by atoms with Gasteiger partial charge in [-0.1, -0.05) is 28.1 Å². The number of halogens is 2. The summed E-state index contributed by atoms with van der Waals surface area (Å²) in [5.74, 6) is -0.730. The first-order valence-corrected chi connectivity index (χ1v) is 5.11. The maximum Gasteiger partial charge on any atom is 0.330 e. The van der Waals surface area contributed by atoms with E-state index in [9.17, 15) is 9.18 Å². The fourth-order valence-electron chi connectivity index (χ4n) is 1.04. The van der Waals surface area contributed by atoms with Gasteiger partial charge in [0.1, 0.15) is 5.82 Å². The molecule has 1 aromatic carbocycles. The molecule has 0 bridgehead atoms. The van der Waals surface area contributed by atoms with Crippen molar-refractivity contribution in [2.24, 2.45) is 0 Å². The molecule has 0 amide bonds. The lowest BCUT2D eigenvalue weighted by molar-refractivity contribution is -0.134. The Morgan fingerprint density at radius 3 is 2.93 bits per heavy atom. The third kappa shape index (κ3) is 3.83. The standard InChI is InChI=1S/C11H10BrFO2/c1-15-11(14)4-2-3-8-5-6-9(12)7-10(8)13/h2,4-7H,3H2,1H3/b4-2+. The molecule has 0 atom stereocenters. The van der Waals surface area contributed by atoms with Crippen LogP contribution in [0.1, 0.15) is 5.56 Å². The number of benzene rings is 1. The van der Waals surface area contributed by atoms with Crippen molar-refractivity contribution in [3.63, 3.8) is 0 Å². The smallest absolute Gasteiger partial charge is 0.330 e. The second-order valence-electron chi connectivity index (χ2n) is 2.87. The average Bonchev–Trinajstić information content (AvgIpc) is 2.21. The van der Waals surface area contributed by atoms with E-state index in [1.807, 2.05) is 0 Å². The fourth-order valence-corrected chi connectivity index (χ4v) is 1.37. The number of methoxy groups -OCH3 is 1. The molecule has 4 heteroatoms. The zero-order valence-corrected chi connectivity index (χ0v) is 9.75. The molecule has 1 aromatic rings. The number of hydrogen-bond donors (Lipinski definition) is 0. The lowest BCUT2D eigenvalue weighted by Gasteiger charge is -1.99. The minimum Gasteiger partial charge on any atom is -0.466 e. The van der Waals surface area contributed by atoms with Gasteiger partial charge in [-0.25, -0.2) is 9.18 Å². The van der Waals surface area contributed by atoms with E-state index < -0.39 is 5.97 Å². The van der Waals surface area contributed by atoms with Crippen molar-refractivity contribution < 1.29 is 13.9 Å². The summed E-state index contributed by atoms with van der Waals surface area (Å²) in [6.07, 6.45) is 3.22. The Labute approximate surface area is 95.9 Å². The highest BCUT2D eigenvalue weighted by atomic mass is 79.9. The minimum absolute atomic E-state index is 0.293. The van der Waals surface area contributed by atoms with Crippen molar-refractivity contribution >= 4 is 21.9 Å². The van der Waals surface area contributed by atoms with Gasteiger partial charge in [0.05, 0.1) is 7.11 Å². The molecule has 0 saturated carbocycles. The molecule has 0 aliphatic carbocycles. The highest BCUT2D eigenvalue weighted by molar-refractivity contribution is 9.10. The Balaban J connectivity index is 2.65. The number of rotatable bonds is 3. The van der Waals surface area contributed by atoms with Crippen LogP contribution in [-0.2, 0) is 16.0 Å². The van der Waals surface area contributed by atoms with Crippen LogP contribution in [0.15, 0.2) is 34.8 Å². The average molecular weight is 273 g/mol. The summed E-state index contributed by atoms with van der Waals surface area (Å²) in [7, 11) is 1.30. The van der Waals surface area contributed by atoms with Crippen LogP contribution in [0.3, 0.4) is 0 Å². The molecule has 15 heavy (non-hydrogen) atoms. The second kappa shape index (κ2) is 5.66. The van der Waals surface area contributed by atoms with Gasteiger partial charge in [0.2, 0.25) is 0 Å². The molecular weight excluding hydrogens is 263 g/mol. The first-order chi connectivity index (χ1) is 7.13. The maximum absolute atomic E-state index is 13.3. The quantitative estimate of drug-likeness (QED) is 0.625. The molecule has 2 nitrogen and oxygen atoms in total. The molecule has 0 aliphatic heterocycles. The van der Waals surface area contributed by atoms with Crippen LogP contribution < -0.4 is 0 Å². The number of carbonyl (C=O) groups excluding carboxylic acids is 1. The molecule has 1 rings (SSSR count). The molecule has 0 saturated heterocycles. The van der Waals surface area contributed by atoms with E-state index in [1.54, 1.807) is 18.2 Å². The first-order valence-electron chi connectivity index (χ1n) is 4.32.